The summed E-state index contributed by atoms with van der Waals surface area (Å²) in [5.74, 6) is -0.149. The third-order valence-corrected chi connectivity index (χ3v) is 5.42. The van der Waals surface area contributed by atoms with Gasteiger partial charge in [0.2, 0.25) is 5.91 Å². The largest absolute Gasteiger partial charge is 0.388 e. The Morgan fingerprint density at radius 2 is 1.25 bits per heavy atom. The van der Waals surface area contributed by atoms with Gasteiger partial charge in [-0.3, -0.25) is 4.79 Å². The molecule has 0 aromatic heterocycles. The number of allylic oxidation sites excluding steroid dienone is 9. The van der Waals surface area contributed by atoms with Crippen LogP contribution in [-0.2, 0) is 4.79 Å². The number of rotatable bonds is 20. The predicted octanol–water partition coefficient (Wildman–Crippen LogP) is 7.75. The molecule has 0 unspecified atom stereocenters. The molecule has 0 aromatic carbocycles. The first-order valence-corrected chi connectivity index (χ1v) is 12.9. The summed E-state index contributed by atoms with van der Waals surface area (Å²) >= 11 is 0. The average molecular weight is 444 g/mol. The number of nitrogens with one attached hydrogen (secondary N) is 1. The Kier molecular flexibility index (Phi) is 21.0. The summed E-state index contributed by atoms with van der Waals surface area (Å²) < 4.78 is 0. The van der Waals surface area contributed by atoms with Gasteiger partial charge in [-0.25, -0.2) is 0 Å². The SMILES string of the molecule is CCC=CC=CCCC=CC=CC=CC(=O)NCC(O)(CCCCCC)CCCCCC. The van der Waals surface area contributed by atoms with E-state index < -0.39 is 5.60 Å². The summed E-state index contributed by atoms with van der Waals surface area (Å²) in [7, 11) is 0. The fraction of sp³-hybridized carbons (Fsp3) is 0.621. The average Bonchev–Trinajstić information content (AvgIpc) is 2.79. The lowest BCUT2D eigenvalue weighted by molar-refractivity contribution is -0.118. The van der Waals surface area contributed by atoms with Crippen molar-refractivity contribution >= 4 is 5.91 Å². The van der Waals surface area contributed by atoms with E-state index in [0.29, 0.717) is 6.54 Å². The van der Waals surface area contributed by atoms with Gasteiger partial charge in [-0.05, 0) is 32.1 Å². The van der Waals surface area contributed by atoms with E-state index in [-0.39, 0.29) is 5.91 Å². The van der Waals surface area contributed by atoms with Crippen LogP contribution in [0.4, 0.5) is 0 Å². The van der Waals surface area contributed by atoms with Gasteiger partial charge >= 0.3 is 0 Å². The second-order valence-corrected chi connectivity index (χ2v) is 8.58. The van der Waals surface area contributed by atoms with Crippen LogP contribution in [0.15, 0.2) is 60.8 Å². The highest BCUT2D eigenvalue weighted by molar-refractivity contribution is 5.87. The smallest absolute Gasteiger partial charge is 0.244 e. The number of hydrogen-bond donors (Lipinski definition) is 2. The first-order chi connectivity index (χ1) is 15.6. The molecule has 0 rings (SSSR count). The zero-order valence-corrected chi connectivity index (χ0v) is 21.0. The van der Waals surface area contributed by atoms with Gasteiger partial charge in [-0.15, -0.1) is 0 Å². The van der Waals surface area contributed by atoms with Crippen LogP contribution in [0.25, 0.3) is 0 Å². The molecule has 0 aliphatic heterocycles. The molecule has 0 saturated heterocycles. The van der Waals surface area contributed by atoms with Crippen molar-refractivity contribution in [3.05, 3.63) is 60.8 Å². The van der Waals surface area contributed by atoms with Crippen LogP contribution in [0.3, 0.4) is 0 Å². The highest BCUT2D eigenvalue weighted by atomic mass is 16.3. The summed E-state index contributed by atoms with van der Waals surface area (Å²) in [5, 5.41) is 14.0. The molecule has 182 valence electrons. The highest BCUT2D eigenvalue weighted by Crippen LogP contribution is 2.22. The van der Waals surface area contributed by atoms with Gasteiger partial charge in [-0.1, -0.05) is 127 Å². The van der Waals surface area contributed by atoms with Crippen molar-refractivity contribution in [3.8, 4) is 0 Å². The molecule has 32 heavy (non-hydrogen) atoms. The van der Waals surface area contributed by atoms with Crippen molar-refractivity contribution in [2.24, 2.45) is 0 Å². The van der Waals surface area contributed by atoms with Crippen LogP contribution in [0.5, 0.6) is 0 Å². The lowest BCUT2D eigenvalue weighted by atomic mass is 9.89. The molecule has 3 nitrogen and oxygen atoms in total. The summed E-state index contributed by atoms with van der Waals surface area (Å²) in [6.07, 6.45) is 33.4. The van der Waals surface area contributed by atoms with Crippen molar-refractivity contribution in [3.63, 3.8) is 0 Å². The fourth-order valence-electron chi connectivity index (χ4n) is 3.40. The molecule has 0 heterocycles. The molecule has 0 aromatic rings. The standard InChI is InChI=1S/C29H49NO2/c1-4-7-10-13-14-15-16-17-18-19-20-21-24-28(31)30-27-29(32,25-22-11-8-5-2)26-23-12-9-6-3/h7,10,13-14,17-21,24,32H,4-6,8-9,11-12,15-16,22-23,25-27H2,1-3H3,(H,30,31). The second kappa shape index (κ2) is 22.3. The molecule has 0 aliphatic rings. The molecule has 1 amide bonds. The zero-order chi connectivity index (χ0) is 23.8. The van der Waals surface area contributed by atoms with E-state index in [1.54, 1.807) is 6.08 Å². The van der Waals surface area contributed by atoms with E-state index in [2.05, 4.69) is 56.5 Å². The first kappa shape index (κ1) is 30.1. The molecule has 0 radical (unpaired) electrons. The summed E-state index contributed by atoms with van der Waals surface area (Å²) in [6.45, 7) is 6.85. The van der Waals surface area contributed by atoms with Crippen LogP contribution < -0.4 is 5.32 Å². The number of carbonyl (C=O) groups is 1. The first-order valence-electron chi connectivity index (χ1n) is 12.9. The Hall–Kier alpha value is -1.87. The topological polar surface area (TPSA) is 49.3 Å². The van der Waals surface area contributed by atoms with Crippen molar-refractivity contribution in [1.82, 2.24) is 5.32 Å². The minimum Gasteiger partial charge on any atom is -0.388 e. The quantitative estimate of drug-likeness (QED) is 0.115. The van der Waals surface area contributed by atoms with Gasteiger partial charge < -0.3 is 10.4 Å². The minimum absolute atomic E-state index is 0.149. The van der Waals surface area contributed by atoms with Crippen LogP contribution in [-0.4, -0.2) is 23.2 Å². The monoisotopic (exact) mass is 443 g/mol. The maximum absolute atomic E-state index is 12.2. The third kappa shape index (κ3) is 20.1. The number of hydrogen-bond acceptors (Lipinski definition) is 2. The number of unbranched alkanes of at least 4 members (excludes halogenated alkanes) is 7. The van der Waals surface area contributed by atoms with Crippen molar-refractivity contribution in [2.45, 2.75) is 110 Å². The molecular weight excluding hydrogens is 394 g/mol. The van der Waals surface area contributed by atoms with E-state index in [1.165, 1.54) is 31.8 Å². The van der Waals surface area contributed by atoms with Crippen LogP contribution in [0.2, 0.25) is 0 Å². The zero-order valence-electron chi connectivity index (χ0n) is 21.0. The van der Waals surface area contributed by atoms with Gasteiger partial charge in [0.25, 0.3) is 0 Å². The normalized spacial score (nSPS) is 13.0. The second-order valence-electron chi connectivity index (χ2n) is 8.58. The number of carbonyl (C=O) groups excluding carboxylic acids is 1. The lowest BCUT2D eigenvalue weighted by Crippen LogP contribution is -2.42. The molecule has 0 saturated carbocycles. The molecule has 0 aliphatic carbocycles. The minimum atomic E-state index is -0.787. The molecule has 0 spiro atoms. The molecule has 2 N–H and O–H groups in total. The Bertz CT molecular complexity index is 572. The van der Waals surface area contributed by atoms with Gasteiger partial charge in [0.1, 0.15) is 0 Å². The van der Waals surface area contributed by atoms with Gasteiger partial charge in [0.15, 0.2) is 0 Å². The van der Waals surface area contributed by atoms with E-state index >= 15 is 0 Å². The van der Waals surface area contributed by atoms with E-state index in [9.17, 15) is 9.90 Å². The number of aliphatic hydroxyl groups is 1. The number of amides is 1. The highest BCUT2D eigenvalue weighted by Gasteiger charge is 2.26. The van der Waals surface area contributed by atoms with Gasteiger partial charge in [-0.2, -0.15) is 0 Å². The summed E-state index contributed by atoms with van der Waals surface area (Å²) in [6, 6.07) is 0. The van der Waals surface area contributed by atoms with Crippen LogP contribution >= 0.6 is 0 Å². The Morgan fingerprint density at radius 1 is 0.719 bits per heavy atom. The lowest BCUT2D eigenvalue weighted by Gasteiger charge is -2.28. The third-order valence-electron chi connectivity index (χ3n) is 5.42. The Labute approximate surface area is 198 Å². The molecule has 0 atom stereocenters. The van der Waals surface area contributed by atoms with Gasteiger partial charge in [0, 0.05) is 12.6 Å². The van der Waals surface area contributed by atoms with Gasteiger partial charge in [0.05, 0.1) is 5.60 Å². The van der Waals surface area contributed by atoms with Crippen molar-refractivity contribution in [1.29, 1.82) is 0 Å². The molecular formula is C29H49NO2. The maximum Gasteiger partial charge on any atom is 0.244 e. The Balaban J connectivity index is 4.30. The summed E-state index contributed by atoms with van der Waals surface area (Å²) in [5.41, 5.74) is -0.787. The predicted molar refractivity (Wildman–Crippen MR) is 141 cm³/mol. The van der Waals surface area contributed by atoms with E-state index in [1.807, 2.05) is 18.2 Å². The van der Waals surface area contributed by atoms with Crippen molar-refractivity contribution in [2.75, 3.05) is 6.54 Å². The van der Waals surface area contributed by atoms with E-state index in [0.717, 1.165) is 57.8 Å². The Morgan fingerprint density at radius 3 is 1.81 bits per heavy atom. The molecule has 0 fully saturated rings. The fourth-order valence-corrected chi connectivity index (χ4v) is 3.40. The van der Waals surface area contributed by atoms with E-state index in [4.69, 9.17) is 0 Å². The maximum atomic E-state index is 12.2. The molecule has 3 heteroatoms. The summed E-state index contributed by atoms with van der Waals surface area (Å²) in [4.78, 5) is 12.2. The van der Waals surface area contributed by atoms with Crippen molar-refractivity contribution < 1.29 is 9.90 Å². The van der Waals surface area contributed by atoms with Crippen LogP contribution in [0, 0.1) is 0 Å². The molecule has 0 bridgehead atoms. The van der Waals surface area contributed by atoms with Crippen LogP contribution in [0.1, 0.15) is 104 Å².